The second-order valence-electron chi connectivity index (χ2n) is 3.48. The molecule has 2 rings (SSSR count). The predicted octanol–water partition coefficient (Wildman–Crippen LogP) is 1.65. The molecule has 0 bridgehead atoms. The quantitative estimate of drug-likeness (QED) is 0.455. The summed E-state index contributed by atoms with van der Waals surface area (Å²) < 4.78 is 1.60. The molecule has 1 aromatic heterocycles. The van der Waals surface area contributed by atoms with E-state index in [1.54, 1.807) is 29.1 Å². The minimum atomic E-state index is -0.442. The van der Waals surface area contributed by atoms with Crippen LogP contribution in [0.25, 0.3) is 0 Å². The summed E-state index contributed by atoms with van der Waals surface area (Å²) in [7, 11) is 0. The monoisotopic (exact) mass is 231 g/mol. The van der Waals surface area contributed by atoms with Crippen LogP contribution in [0.1, 0.15) is 16.1 Å². The molecule has 0 amide bonds. The van der Waals surface area contributed by atoms with E-state index in [1.165, 1.54) is 12.1 Å². The standard InChI is InChI=1S/C11H9N3O3/c15-8-10-5-6-13(12-10)7-9-1-3-11(4-2-9)14(16)17/h1-6,8H,7H2. The molecule has 0 N–H and O–H groups in total. The molecule has 0 aliphatic carbocycles. The van der Waals surface area contributed by atoms with Crippen LogP contribution in [-0.2, 0) is 6.54 Å². The minimum Gasteiger partial charge on any atom is -0.296 e. The van der Waals surface area contributed by atoms with Crippen LogP contribution in [0, 0.1) is 10.1 Å². The first-order valence-corrected chi connectivity index (χ1v) is 4.91. The van der Waals surface area contributed by atoms with Crippen LogP contribution < -0.4 is 0 Å². The first kappa shape index (κ1) is 11.0. The van der Waals surface area contributed by atoms with Gasteiger partial charge in [-0.3, -0.25) is 19.6 Å². The van der Waals surface area contributed by atoms with E-state index >= 15 is 0 Å². The molecule has 1 aromatic carbocycles. The zero-order chi connectivity index (χ0) is 12.3. The van der Waals surface area contributed by atoms with E-state index in [-0.39, 0.29) is 5.69 Å². The van der Waals surface area contributed by atoms with Gasteiger partial charge in [0.1, 0.15) is 5.69 Å². The molecule has 0 spiro atoms. The lowest BCUT2D eigenvalue weighted by atomic mass is 10.2. The molecule has 0 unspecified atom stereocenters. The van der Waals surface area contributed by atoms with E-state index in [1.807, 2.05) is 0 Å². The van der Waals surface area contributed by atoms with Gasteiger partial charge in [-0.05, 0) is 11.6 Å². The van der Waals surface area contributed by atoms with Crippen molar-refractivity contribution in [2.24, 2.45) is 0 Å². The van der Waals surface area contributed by atoms with Crippen LogP contribution in [0.2, 0.25) is 0 Å². The van der Waals surface area contributed by atoms with Gasteiger partial charge in [0.15, 0.2) is 6.29 Å². The maximum absolute atomic E-state index is 10.5. The summed E-state index contributed by atoms with van der Waals surface area (Å²) in [6.07, 6.45) is 2.36. The number of carbonyl (C=O) groups excluding carboxylic acids is 1. The molecule has 0 aliphatic rings. The zero-order valence-corrected chi connectivity index (χ0v) is 8.81. The summed E-state index contributed by atoms with van der Waals surface area (Å²) in [5.74, 6) is 0. The van der Waals surface area contributed by atoms with Gasteiger partial charge in [0, 0.05) is 18.3 Å². The number of rotatable bonds is 4. The summed E-state index contributed by atoms with van der Waals surface area (Å²) in [6.45, 7) is 0.478. The molecule has 0 saturated carbocycles. The number of nitrogens with zero attached hydrogens (tertiary/aromatic N) is 3. The first-order valence-electron chi connectivity index (χ1n) is 4.91. The third kappa shape index (κ3) is 2.54. The van der Waals surface area contributed by atoms with Crippen LogP contribution in [0.5, 0.6) is 0 Å². The SMILES string of the molecule is O=Cc1ccn(Cc2ccc([N+](=O)[O-])cc2)n1. The summed E-state index contributed by atoms with van der Waals surface area (Å²) >= 11 is 0. The summed E-state index contributed by atoms with van der Waals surface area (Å²) in [6, 6.07) is 7.83. The van der Waals surface area contributed by atoms with Crippen LogP contribution in [0.3, 0.4) is 0 Å². The van der Waals surface area contributed by atoms with Gasteiger partial charge in [-0.1, -0.05) is 12.1 Å². The zero-order valence-electron chi connectivity index (χ0n) is 8.81. The fourth-order valence-electron chi connectivity index (χ4n) is 1.44. The molecule has 0 aliphatic heterocycles. The molecular formula is C11H9N3O3. The fraction of sp³-hybridized carbons (Fsp3) is 0.0909. The highest BCUT2D eigenvalue weighted by molar-refractivity contribution is 5.71. The number of nitro groups is 1. The number of hydrogen-bond acceptors (Lipinski definition) is 4. The highest BCUT2D eigenvalue weighted by atomic mass is 16.6. The number of hydrogen-bond donors (Lipinski definition) is 0. The molecule has 1 heterocycles. The predicted molar refractivity (Wildman–Crippen MR) is 59.8 cm³/mol. The Bertz CT molecular complexity index is 545. The highest BCUT2D eigenvalue weighted by Crippen LogP contribution is 2.12. The average Bonchev–Trinajstić information content (AvgIpc) is 2.77. The molecule has 0 fully saturated rings. The second kappa shape index (κ2) is 4.56. The van der Waals surface area contributed by atoms with Gasteiger partial charge in [0.05, 0.1) is 11.5 Å². The topological polar surface area (TPSA) is 78.0 Å². The van der Waals surface area contributed by atoms with Crippen molar-refractivity contribution >= 4 is 12.0 Å². The highest BCUT2D eigenvalue weighted by Gasteiger charge is 2.04. The Labute approximate surface area is 96.6 Å². The van der Waals surface area contributed by atoms with E-state index in [0.717, 1.165) is 5.56 Å². The number of nitro benzene ring substituents is 1. The smallest absolute Gasteiger partial charge is 0.269 e. The Hall–Kier alpha value is -2.50. The third-order valence-corrected chi connectivity index (χ3v) is 2.27. The lowest BCUT2D eigenvalue weighted by Gasteiger charge is -2.01. The maximum Gasteiger partial charge on any atom is 0.269 e. The van der Waals surface area contributed by atoms with Crippen LogP contribution >= 0.6 is 0 Å². The van der Waals surface area contributed by atoms with Gasteiger partial charge >= 0.3 is 0 Å². The van der Waals surface area contributed by atoms with Crippen molar-refractivity contribution in [3.05, 3.63) is 57.9 Å². The number of carbonyl (C=O) groups is 1. The van der Waals surface area contributed by atoms with Crippen molar-refractivity contribution < 1.29 is 9.72 Å². The minimum absolute atomic E-state index is 0.0581. The molecule has 0 radical (unpaired) electrons. The fourth-order valence-corrected chi connectivity index (χ4v) is 1.44. The van der Waals surface area contributed by atoms with E-state index in [4.69, 9.17) is 0 Å². The second-order valence-corrected chi connectivity index (χ2v) is 3.48. The lowest BCUT2D eigenvalue weighted by Crippen LogP contribution is -2.01. The number of aldehydes is 1. The summed E-state index contributed by atoms with van der Waals surface area (Å²) in [5.41, 5.74) is 1.31. The Morgan fingerprint density at radius 1 is 1.29 bits per heavy atom. The van der Waals surface area contributed by atoms with E-state index in [2.05, 4.69) is 5.10 Å². The van der Waals surface area contributed by atoms with Gasteiger partial charge in [-0.25, -0.2) is 0 Å². The number of benzene rings is 1. The Kier molecular flexibility index (Phi) is 2.95. The molecule has 2 aromatic rings. The Morgan fingerprint density at radius 3 is 2.53 bits per heavy atom. The van der Waals surface area contributed by atoms with Crippen molar-refractivity contribution in [1.29, 1.82) is 0 Å². The third-order valence-electron chi connectivity index (χ3n) is 2.27. The molecule has 0 atom stereocenters. The van der Waals surface area contributed by atoms with Crippen molar-refractivity contribution in [2.45, 2.75) is 6.54 Å². The van der Waals surface area contributed by atoms with E-state index in [9.17, 15) is 14.9 Å². The molecule has 6 heteroatoms. The Balaban J connectivity index is 2.13. The van der Waals surface area contributed by atoms with Gasteiger partial charge in [0.2, 0.25) is 0 Å². The maximum atomic E-state index is 10.5. The van der Waals surface area contributed by atoms with E-state index < -0.39 is 4.92 Å². The normalized spacial score (nSPS) is 10.1. The molecule has 0 saturated heterocycles. The lowest BCUT2D eigenvalue weighted by molar-refractivity contribution is -0.384. The van der Waals surface area contributed by atoms with Gasteiger partial charge in [-0.15, -0.1) is 0 Å². The van der Waals surface area contributed by atoms with E-state index in [0.29, 0.717) is 18.5 Å². The van der Waals surface area contributed by atoms with Crippen LogP contribution in [0.15, 0.2) is 36.5 Å². The molecule has 6 nitrogen and oxygen atoms in total. The van der Waals surface area contributed by atoms with Crippen LogP contribution in [0.4, 0.5) is 5.69 Å². The largest absolute Gasteiger partial charge is 0.296 e. The summed E-state index contributed by atoms with van der Waals surface area (Å²) in [4.78, 5) is 20.5. The van der Waals surface area contributed by atoms with Crippen molar-refractivity contribution in [2.75, 3.05) is 0 Å². The van der Waals surface area contributed by atoms with Gasteiger partial charge in [-0.2, -0.15) is 5.10 Å². The molecule has 17 heavy (non-hydrogen) atoms. The molecular weight excluding hydrogens is 222 g/mol. The average molecular weight is 231 g/mol. The Morgan fingerprint density at radius 2 is 2.00 bits per heavy atom. The van der Waals surface area contributed by atoms with Crippen LogP contribution in [-0.4, -0.2) is 21.0 Å². The number of aromatic nitrogens is 2. The van der Waals surface area contributed by atoms with Gasteiger partial charge in [0.25, 0.3) is 5.69 Å². The van der Waals surface area contributed by atoms with Crippen molar-refractivity contribution in [3.63, 3.8) is 0 Å². The first-order chi connectivity index (χ1) is 8.19. The molecule has 86 valence electrons. The van der Waals surface area contributed by atoms with Gasteiger partial charge < -0.3 is 0 Å². The number of non-ortho nitro benzene ring substituents is 1. The summed E-state index contributed by atoms with van der Waals surface area (Å²) in [5, 5.41) is 14.5. The van der Waals surface area contributed by atoms with Crippen molar-refractivity contribution in [3.8, 4) is 0 Å². The van der Waals surface area contributed by atoms with Crippen molar-refractivity contribution in [1.82, 2.24) is 9.78 Å².